The Morgan fingerprint density at radius 3 is 2.41 bits per heavy atom. The Morgan fingerprint density at radius 2 is 1.78 bits per heavy atom. The summed E-state index contributed by atoms with van der Waals surface area (Å²) in [6.45, 7) is 2.07. The third-order valence-electron chi connectivity index (χ3n) is 5.50. The smallest absolute Gasteiger partial charge is 0.337 e. The Hall–Kier alpha value is -3.71. The third-order valence-corrected chi connectivity index (χ3v) is 6.37. The summed E-state index contributed by atoms with van der Waals surface area (Å²) in [6.07, 6.45) is 0. The van der Waals surface area contributed by atoms with E-state index in [1.807, 2.05) is 31.2 Å². The lowest BCUT2D eigenvalue weighted by molar-refractivity contribution is -0.130. The second-order valence-electron chi connectivity index (χ2n) is 7.45. The number of aliphatic hydroxyl groups is 1. The fourth-order valence-electron chi connectivity index (χ4n) is 3.87. The van der Waals surface area contributed by atoms with Gasteiger partial charge in [-0.25, -0.2) is 4.79 Å². The summed E-state index contributed by atoms with van der Waals surface area (Å²) in [5.74, 6) is -1.93. The lowest BCUT2D eigenvalue weighted by Crippen LogP contribution is -2.31. The van der Waals surface area contributed by atoms with Crippen LogP contribution in [0.15, 0.2) is 77.4 Å². The van der Waals surface area contributed by atoms with Gasteiger partial charge in [0.1, 0.15) is 0 Å². The van der Waals surface area contributed by atoms with Crippen LogP contribution in [0.2, 0.25) is 0 Å². The molecular formula is C25H21NO5S. The van der Waals surface area contributed by atoms with Gasteiger partial charge in [-0.3, -0.25) is 9.59 Å². The maximum absolute atomic E-state index is 13.3. The molecule has 0 bridgehead atoms. The van der Waals surface area contributed by atoms with Crippen molar-refractivity contribution in [3.63, 3.8) is 0 Å². The van der Waals surface area contributed by atoms with Gasteiger partial charge in [0, 0.05) is 6.54 Å². The Labute approximate surface area is 189 Å². The van der Waals surface area contributed by atoms with E-state index < -0.39 is 23.7 Å². The molecule has 2 aromatic carbocycles. The lowest BCUT2D eigenvalue weighted by Gasteiger charge is -2.28. The number of aryl methyl sites for hydroxylation is 1. The summed E-state index contributed by atoms with van der Waals surface area (Å²) in [5, 5.41) is 12.5. The number of carbonyl (C=O) groups excluding carboxylic acids is 3. The minimum absolute atomic E-state index is 0.0814. The Morgan fingerprint density at radius 1 is 1.06 bits per heavy atom. The van der Waals surface area contributed by atoms with Crippen LogP contribution in [-0.4, -0.2) is 34.8 Å². The van der Waals surface area contributed by atoms with Crippen molar-refractivity contribution in [1.29, 1.82) is 0 Å². The molecule has 0 saturated carbocycles. The molecule has 0 spiro atoms. The number of methoxy groups -OCH3 is 1. The van der Waals surface area contributed by atoms with Gasteiger partial charge in [0.2, 0.25) is 5.78 Å². The SMILES string of the molecule is COC(=O)c1ccc(CN2C(=O)C(O)=C(C(=O)c3cccs3)C2c2ccccc2C)cc1. The number of hydrogen-bond donors (Lipinski definition) is 1. The van der Waals surface area contributed by atoms with Crippen LogP contribution >= 0.6 is 11.3 Å². The zero-order valence-electron chi connectivity index (χ0n) is 17.6. The minimum atomic E-state index is -0.724. The number of aliphatic hydroxyl groups excluding tert-OH is 1. The highest BCUT2D eigenvalue weighted by atomic mass is 32.1. The zero-order valence-corrected chi connectivity index (χ0v) is 18.4. The number of esters is 1. The van der Waals surface area contributed by atoms with Gasteiger partial charge >= 0.3 is 5.97 Å². The normalized spacial score (nSPS) is 15.9. The number of Topliss-reactive ketones (excluding diaryl/α,β-unsaturated/α-hetero) is 1. The molecule has 6 nitrogen and oxygen atoms in total. The second-order valence-corrected chi connectivity index (χ2v) is 8.40. The molecule has 0 radical (unpaired) electrons. The molecule has 162 valence electrons. The minimum Gasteiger partial charge on any atom is -0.503 e. The number of thiophene rings is 1. The summed E-state index contributed by atoms with van der Waals surface area (Å²) in [7, 11) is 1.31. The van der Waals surface area contributed by atoms with E-state index in [1.165, 1.54) is 23.3 Å². The van der Waals surface area contributed by atoms with Crippen LogP contribution in [0.3, 0.4) is 0 Å². The Kier molecular flexibility index (Phi) is 5.92. The molecule has 32 heavy (non-hydrogen) atoms. The van der Waals surface area contributed by atoms with Crippen LogP contribution in [0.25, 0.3) is 0 Å². The third kappa shape index (κ3) is 3.83. The number of ketones is 1. The van der Waals surface area contributed by atoms with Gasteiger partial charge in [-0.05, 0) is 47.2 Å². The second kappa shape index (κ2) is 8.80. The predicted octanol–water partition coefficient (Wildman–Crippen LogP) is 4.62. The van der Waals surface area contributed by atoms with E-state index >= 15 is 0 Å². The standard InChI is InChI=1S/C25H21NO5S/c1-15-6-3-4-7-18(15)21-20(22(27)19-8-5-13-32-19)23(28)24(29)26(21)14-16-9-11-17(12-10-16)25(30)31-2/h3-13,21,28H,14H2,1-2H3. The van der Waals surface area contributed by atoms with E-state index in [9.17, 15) is 19.5 Å². The molecule has 1 aliphatic rings. The summed E-state index contributed by atoms with van der Waals surface area (Å²) < 4.78 is 4.72. The largest absolute Gasteiger partial charge is 0.503 e. The molecule has 2 heterocycles. The number of amides is 1. The van der Waals surface area contributed by atoms with Gasteiger partial charge in [0.15, 0.2) is 5.76 Å². The molecule has 1 aromatic heterocycles. The number of carbonyl (C=O) groups is 3. The Balaban J connectivity index is 1.75. The van der Waals surface area contributed by atoms with Crippen LogP contribution < -0.4 is 0 Å². The monoisotopic (exact) mass is 447 g/mol. The van der Waals surface area contributed by atoms with Crippen molar-refractivity contribution in [2.24, 2.45) is 0 Å². The number of rotatable bonds is 6. The predicted molar refractivity (Wildman–Crippen MR) is 121 cm³/mol. The van der Waals surface area contributed by atoms with Crippen LogP contribution in [0.1, 0.15) is 42.8 Å². The van der Waals surface area contributed by atoms with E-state index in [0.717, 1.165) is 16.7 Å². The van der Waals surface area contributed by atoms with Gasteiger partial charge in [-0.15, -0.1) is 11.3 Å². The van der Waals surface area contributed by atoms with Crippen molar-refractivity contribution in [2.45, 2.75) is 19.5 Å². The first kappa shape index (κ1) is 21.5. The molecular weight excluding hydrogens is 426 g/mol. The first-order valence-corrected chi connectivity index (χ1v) is 10.9. The first-order valence-electron chi connectivity index (χ1n) is 9.97. The van der Waals surface area contributed by atoms with Gasteiger partial charge in [0.25, 0.3) is 5.91 Å². The van der Waals surface area contributed by atoms with Crippen LogP contribution in [0.5, 0.6) is 0 Å². The van der Waals surface area contributed by atoms with Crippen LogP contribution in [0, 0.1) is 6.92 Å². The zero-order chi connectivity index (χ0) is 22.8. The summed E-state index contributed by atoms with van der Waals surface area (Å²) >= 11 is 1.27. The van der Waals surface area contributed by atoms with Gasteiger partial charge in [-0.1, -0.05) is 42.5 Å². The lowest BCUT2D eigenvalue weighted by atomic mass is 9.92. The molecule has 1 unspecified atom stereocenters. The molecule has 0 fully saturated rings. The topological polar surface area (TPSA) is 83.9 Å². The molecule has 3 aromatic rings. The highest BCUT2D eigenvalue weighted by Crippen LogP contribution is 2.41. The molecule has 1 amide bonds. The maximum Gasteiger partial charge on any atom is 0.337 e. The summed E-state index contributed by atoms with van der Waals surface area (Å²) in [6, 6.07) is 16.9. The van der Waals surface area contributed by atoms with Crippen molar-refractivity contribution < 1.29 is 24.2 Å². The van der Waals surface area contributed by atoms with Crippen LogP contribution in [0.4, 0.5) is 0 Å². The number of nitrogens with zero attached hydrogens (tertiary/aromatic N) is 1. The molecule has 1 atom stereocenters. The molecule has 4 rings (SSSR count). The van der Waals surface area contributed by atoms with Gasteiger partial charge in [0.05, 0.1) is 29.2 Å². The number of ether oxygens (including phenoxy) is 1. The number of hydrogen-bond acceptors (Lipinski definition) is 6. The van der Waals surface area contributed by atoms with Crippen molar-refractivity contribution in [3.05, 3.63) is 105 Å². The molecule has 1 N–H and O–H groups in total. The highest BCUT2D eigenvalue weighted by molar-refractivity contribution is 7.12. The molecule has 1 aliphatic heterocycles. The van der Waals surface area contributed by atoms with E-state index in [2.05, 4.69) is 0 Å². The fourth-order valence-corrected chi connectivity index (χ4v) is 4.54. The van der Waals surface area contributed by atoms with E-state index in [-0.39, 0.29) is 17.9 Å². The fraction of sp³-hybridized carbons (Fsp3) is 0.160. The van der Waals surface area contributed by atoms with Crippen LogP contribution in [-0.2, 0) is 16.1 Å². The highest BCUT2D eigenvalue weighted by Gasteiger charge is 2.44. The maximum atomic E-state index is 13.3. The van der Waals surface area contributed by atoms with Crippen molar-refractivity contribution in [2.75, 3.05) is 7.11 Å². The molecule has 7 heteroatoms. The van der Waals surface area contributed by atoms with Crippen molar-refractivity contribution in [1.82, 2.24) is 4.90 Å². The van der Waals surface area contributed by atoms with E-state index in [4.69, 9.17) is 4.74 Å². The van der Waals surface area contributed by atoms with E-state index in [1.54, 1.807) is 41.8 Å². The molecule has 0 aliphatic carbocycles. The average molecular weight is 448 g/mol. The quantitative estimate of drug-likeness (QED) is 0.440. The number of benzene rings is 2. The first-order chi connectivity index (χ1) is 15.4. The summed E-state index contributed by atoms with van der Waals surface area (Å²) in [4.78, 5) is 40.0. The average Bonchev–Trinajstić information content (AvgIpc) is 3.42. The van der Waals surface area contributed by atoms with Gasteiger partial charge in [-0.2, -0.15) is 0 Å². The van der Waals surface area contributed by atoms with Crippen molar-refractivity contribution >= 4 is 29.0 Å². The van der Waals surface area contributed by atoms with Gasteiger partial charge < -0.3 is 14.7 Å². The van der Waals surface area contributed by atoms with Crippen molar-refractivity contribution in [3.8, 4) is 0 Å². The molecule has 0 saturated heterocycles. The summed E-state index contributed by atoms with van der Waals surface area (Å²) in [5.41, 5.74) is 2.91. The van der Waals surface area contributed by atoms with E-state index in [0.29, 0.717) is 10.4 Å². The Bertz CT molecular complexity index is 1210.